The van der Waals surface area contributed by atoms with Gasteiger partial charge in [0.05, 0.1) is 23.8 Å². The first-order valence-electron chi connectivity index (χ1n) is 10.9. The second-order valence-corrected chi connectivity index (χ2v) is 9.75. The fraction of sp³-hybridized carbons (Fsp3) is 0.269. The normalized spacial score (nSPS) is 13.8. The summed E-state index contributed by atoms with van der Waals surface area (Å²) in [5.74, 6) is -0.00597. The molecule has 0 aliphatic carbocycles. The third kappa shape index (κ3) is 6.90. The number of oxime groups is 1. The minimum Gasteiger partial charge on any atom is -0.497 e. The van der Waals surface area contributed by atoms with E-state index in [9.17, 15) is 13.5 Å². The van der Waals surface area contributed by atoms with Crippen LogP contribution in [0, 0.1) is 12.8 Å². The highest BCUT2D eigenvalue weighted by Crippen LogP contribution is 2.26. The largest absolute Gasteiger partial charge is 0.497 e. The van der Waals surface area contributed by atoms with Crippen LogP contribution >= 0.6 is 0 Å². The molecule has 0 bridgehead atoms. The summed E-state index contributed by atoms with van der Waals surface area (Å²) < 4.78 is 33.5. The van der Waals surface area contributed by atoms with Crippen molar-refractivity contribution in [2.75, 3.05) is 13.7 Å². The monoisotopic (exact) mass is 482 g/mol. The molecule has 0 saturated carbocycles. The number of ether oxygens (including phenoxy) is 1. The maximum absolute atomic E-state index is 12.8. The number of methoxy groups -OCH3 is 1. The number of aliphatic hydroxyl groups is 1. The van der Waals surface area contributed by atoms with Crippen molar-refractivity contribution < 1.29 is 23.1 Å². The van der Waals surface area contributed by atoms with Gasteiger partial charge < -0.3 is 14.7 Å². The van der Waals surface area contributed by atoms with Gasteiger partial charge in [-0.3, -0.25) is 0 Å². The smallest absolute Gasteiger partial charge is 0.240 e. The number of sulfonamides is 1. The lowest BCUT2D eigenvalue weighted by molar-refractivity contribution is 0.116. The van der Waals surface area contributed by atoms with E-state index in [-0.39, 0.29) is 18.0 Å². The molecule has 0 aromatic heterocycles. The Morgan fingerprint density at radius 3 is 2.26 bits per heavy atom. The van der Waals surface area contributed by atoms with Crippen LogP contribution in [0.15, 0.2) is 88.9 Å². The third-order valence-electron chi connectivity index (χ3n) is 5.48. The molecule has 180 valence electrons. The lowest BCUT2D eigenvalue weighted by Gasteiger charge is -2.23. The van der Waals surface area contributed by atoms with Crippen LogP contribution in [-0.4, -0.2) is 32.9 Å². The van der Waals surface area contributed by atoms with Crippen LogP contribution in [-0.2, 0) is 21.5 Å². The Hall–Kier alpha value is -3.20. The molecule has 3 rings (SSSR count). The van der Waals surface area contributed by atoms with E-state index in [2.05, 4.69) is 9.88 Å². The van der Waals surface area contributed by atoms with Crippen LogP contribution in [0.3, 0.4) is 0 Å². The van der Waals surface area contributed by atoms with E-state index in [4.69, 9.17) is 9.57 Å². The van der Waals surface area contributed by atoms with Crippen LogP contribution in [0.1, 0.15) is 29.7 Å². The van der Waals surface area contributed by atoms with Crippen molar-refractivity contribution in [2.45, 2.75) is 31.5 Å². The van der Waals surface area contributed by atoms with E-state index in [0.717, 1.165) is 11.1 Å². The van der Waals surface area contributed by atoms with Gasteiger partial charge in [-0.05, 0) is 49.2 Å². The minimum absolute atomic E-state index is 0.0621. The maximum atomic E-state index is 12.8. The quantitative estimate of drug-likeness (QED) is 0.315. The molecule has 0 radical (unpaired) electrons. The number of hydrogen-bond donors (Lipinski definition) is 2. The first-order valence-corrected chi connectivity index (χ1v) is 12.4. The number of rotatable bonds is 11. The van der Waals surface area contributed by atoms with Crippen LogP contribution in [0.4, 0.5) is 0 Å². The maximum Gasteiger partial charge on any atom is 0.240 e. The van der Waals surface area contributed by atoms with Crippen molar-refractivity contribution in [3.8, 4) is 5.75 Å². The molecular weight excluding hydrogens is 452 g/mol. The van der Waals surface area contributed by atoms with Gasteiger partial charge >= 0.3 is 0 Å². The van der Waals surface area contributed by atoms with E-state index in [1.165, 1.54) is 0 Å². The Labute approximate surface area is 201 Å². The molecule has 8 heteroatoms. The van der Waals surface area contributed by atoms with E-state index >= 15 is 0 Å². The number of hydrogen-bond acceptors (Lipinski definition) is 6. The summed E-state index contributed by atoms with van der Waals surface area (Å²) in [5.41, 5.74) is 2.99. The Balaban J connectivity index is 1.79. The number of benzene rings is 3. The average molecular weight is 483 g/mol. The fourth-order valence-electron chi connectivity index (χ4n) is 3.37. The molecule has 0 fully saturated rings. The summed E-state index contributed by atoms with van der Waals surface area (Å²) in [4.78, 5) is 5.65. The first kappa shape index (κ1) is 25.4. The van der Waals surface area contributed by atoms with Crippen LogP contribution in [0.25, 0.3) is 0 Å². The number of nitrogens with one attached hydrogen (secondary N) is 1. The Kier molecular flexibility index (Phi) is 8.81. The summed E-state index contributed by atoms with van der Waals surface area (Å²) in [6.07, 6.45) is -1.02. The van der Waals surface area contributed by atoms with E-state index < -0.39 is 22.0 Å². The van der Waals surface area contributed by atoms with Crippen molar-refractivity contribution in [1.82, 2.24) is 4.72 Å². The molecule has 3 aromatic rings. The van der Waals surface area contributed by atoms with Crippen molar-refractivity contribution >= 4 is 15.7 Å². The second-order valence-electron chi connectivity index (χ2n) is 7.98. The van der Waals surface area contributed by atoms with Gasteiger partial charge in [0.2, 0.25) is 10.0 Å². The summed E-state index contributed by atoms with van der Waals surface area (Å²) in [6, 6.07) is 23.1. The summed E-state index contributed by atoms with van der Waals surface area (Å²) in [5, 5.41) is 15.3. The second kappa shape index (κ2) is 11.8. The van der Waals surface area contributed by atoms with Gasteiger partial charge in [-0.15, -0.1) is 0 Å². The van der Waals surface area contributed by atoms with E-state index in [1.54, 1.807) is 62.6 Å². The highest BCUT2D eigenvalue weighted by Gasteiger charge is 2.27. The molecule has 34 heavy (non-hydrogen) atoms. The molecule has 0 heterocycles. The van der Waals surface area contributed by atoms with Gasteiger partial charge in [0.1, 0.15) is 12.4 Å². The fourth-order valence-corrected chi connectivity index (χ4v) is 4.43. The van der Waals surface area contributed by atoms with Crippen molar-refractivity contribution in [3.63, 3.8) is 0 Å². The molecule has 2 atom stereocenters. The lowest BCUT2D eigenvalue weighted by Crippen LogP contribution is -2.35. The molecule has 3 aromatic carbocycles. The summed E-state index contributed by atoms with van der Waals surface area (Å²) in [6.45, 7) is 3.80. The van der Waals surface area contributed by atoms with E-state index in [1.807, 2.05) is 37.3 Å². The predicted molar refractivity (Wildman–Crippen MR) is 132 cm³/mol. The van der Waals surface area contributed by atoms with Crippen molar-refractivity contribution in [1.29, 1.82) is 0 Å². The highest BCUT2D eigenvalue weighted by atomic mass is 32.2. The Bertz CT molecular complexity index is 1180. The highest BCUT2D eigenvalue weighted by molar-refractivity contribution is 7.89. The van der Waals surface area contributed by atoms with Crippen LogP contribution in [0.5, 0.6) is 5.75 Å². The molecule has 0 aliphatic rings. The molecule has 7 nitrogen and oxygen atoms in total. The zero-order chi connectivity index (χ0) is 24.6. The average Bonchev–Trinajstić information content (AvgIpc) is 2.85. The molecular formula is C26H30N2O5S. The zero-order valence-corrected chi connectivity index (χ0v) is 20.3. The summed E-state index contributed by atoms with van der Waals surface area (Å²) in [7, 11) is -2.21. The third-order valence-corrected chi connectivity index (χ3v) is 6.92. The topological polar surface area (TPSA) is 97.2 Å². The van der Waals surface area contributed by atoms with Gasteiger partial charge in [0.25, 0.3) is 0 Å². The van der Waals surface area contributed by atoms with Crippen molar-refractivity contribution in [3.05, 3.63) is 95.6 Å². The van der Waals surface area contributed by atoms with Gasteiger partial charge in [-0.2, -0.15) is 0 Å². The number of nitrogens with zero attached hydrogens (tertiary/aromatic N) is 1. The zero-order valence-electron chi connectivity index (χ0n) is 19.5. The molecule has 0 unspecified atom stereocenters. The minimum atomic E-state index is -3.77. The van der Waals surface area contributed by atoms with Crippen LogP contribution in [0.2, 0.25) is 0 Å². The molecule has 0 spiro atoms. The SMILES string of the molecule is COc1ccc([C@@H](O)[C@@H](CNS(=O)(=O)c2ccc(C)cc2)/C(C)=N\OCc2ccccc2)cc1. The van der Waals surface area contributed by atoms with Gasteiger partial charge in [-0.25, -0.2) is 13.1 Å². The number of aliphatic hydroxyl groups excluding tert-OH is 1. The summed E-state index contributed by atoms with van der Waals surface area (Å²) >= 11 is 0. The molecule has 2 N–H and O–H groups in total. The van der Waals surface area contributed by atoms with Crippen molar-refractivity contribution in [2.24, 2.45) is 11.1 Å². The van der Waals surface area contributed by atoms with Gasteiger partial charge in [0, 0.05) is 12.5 Å². The Morgan fingerprint density at radius 1 is 1.00 bits per heavy atom. The number of aryl methyl sites for hydroxylation is 1. The standard InChI is InChI=1S/C26H30N2O5S/c1-19-9-15-24(16-10-19)34(30,31)27-17-25(26(29)22-11-13-23(32-3)14-12-22)20(2)28-33-18-21-7-5-4-6-8-21/h4-16,25-27,29H,17-18H2,1-3H3/b28-20-/t25-,26+/m0/s1. The first-order chi connectivity index (χ1) is 16.3. The van der Waals surface area contributed by atoms with Crippen LogP contribution < -0.4 is 9.46 Å². The van der Waals surface area contributed by atoms with E-state index in [0.29, 0.717) is 17.0 Å². The van der Waals surface area contributed by atoms with Gasteiger partial charge in [0.15, 0.2) is 0 Å². The lowest BCUT2D eigenvalue weighted by atomic mass is 9.92. The predicted octanol–water partition coefficient (Wildman–Crippen LogP) is 4.22. The molecule has 0 saturated heterocycles. The Morgan fingerprint density at radius 2 is 1.65 bits per heavy atom. The molecule has 0 amide bonds. The molecule has 0 aliphatic heterocycles. The van der Waals surface area contributed by atoms with Gasteiger partial charge in [-0.1, -0.05) is 65.3 Å².